The molecule has 138 valence electrons. The Morgan fingerprint density at radius 2 is 2.00 bits per heavy atom. The smallest absolute Gasteiger partial charge is 0.158 e. The highest BCUT2D eigenvalue weighted by Gasteiger charge is 2.08. The predicted molar refractivity (Wildman–Crippen MR) is 107 cm³/mol. The first kappa shape index (κ1) is 18.9. The van der Waals surface area contributed by atoms with Gasteiger partial charge in [-0.25, -0.2) is 14.4 Å². The van der Waals surface area contributed by atoms with Gasteiger partial charge in [-0.3, -0.25) is 0 Å². The van der Waals surface area contributed by atoms with Crippen molar-refractivity contribution >= 4 is 46.5 Å². The Morgan fingerprint density at radius 1 is 1.11 bits per heavy atom. The summed E-state index contributed by atoms with van der Waals surface area (Å²) in [6.07, 6.45) is 3.30. The van der Waals surface area contributed by atoms with E-state index in [1.165, 1.54) is 18.5 Å². The Kier molecular flexibility index (Phi) is 5.78. The molecule has 4 rings (SSSR count). The lowest BCUT2D eigenvalue weighted by molar-refractivity contribution is 0.306. The molecule has 0 saturated heterocycles. The van der Waals surface area contributed by atoms with Crippen LogP contribution in [0.4, 0.5) is 15.9 Å². The molecular weight excluding hydrogens is 390 g/mol. The lowest BCUT2D eigenvalue weighted by Gasteiger charge is -2.11. The molecule has 8 heteroatoms. The first-order valence-corrected chi connectivity index (χ1v) is 8.29. The largest absolute Gasteiger partial charge is 0.487 e. The van der Waals surface area contributed by atoms with Crippen molar-refractivity contribution in [2.75, 3.05) is 5.32 Å². The fourth-order valence-electron chi connectivity index (χ4n) is 2.59. The van der Waals surface area contributed by atoms with Crippen LogP contribution in [0.2, 0.25) is 5.02 Å². The second-order valence-electron chi connectivity index (χ2n) is 5.65. The van der Waals surface area contributed by atoms with Crippen molar-refractivity contribution in [3.05, 3.63) is 77.5 Å². The Labute approximate surface area is 166 Å². The fourth-order valence-corrected chi connectivity index (χ4v) is 2.82. The van der Waals surface area contributed by atoms with Gasteiger partial charge in [-0.1, -0.05) is 23.7 Å². The number of ether oxygens (including phenoxy) is 1. The lowest BCUT2D eigenvalue weighted by atomic mass is 10.2. The molecule has 0 aliphatic rings. The predicted octanol–water partition coefficient (Wildman–Crippen LogP) is 5.49. The van der Waals surface area contributed by atoms with E-state index in [0.717, 1.165) is 22.3 Å². The molecule has 4 aromatic rings. The molecule has 0 aliphatic heterocycles. The monoisotopic (exact) mass is 404 g/mol. The van der Waals surface area contributed by atoms with E-state index >= 15 is 0 Å². The zero-order chi connectivity index (χ0) is 17.9. The summed E-state index contributed by atoms with van der Waals surface area (Å²) >= 11 is 6.31. The van der Waals surface area contributed by atoms with Gasteiger partial charge in [0.2, 0.25) is 0 Å². The SMILES string of the molecule is Cl.Fc1cccc(COc2ccc(Nc3ncnc4cc[nH]c34)cc2Cl)c1. The Balaban J connectivity index is 0.00000210. The molecular formula is C19H15Cl2FN4O. The molecule has 27 heavy (non-hydrogen) atoms. The van der Waals surface area contributed by atoms with Crippen LogP contribution >= 0.6 is 24.0 Å². The first-order valence-electron chi connectivity index (χ1n) is 7.91. The molecule has 0 bridgehead atoms. The molecule has 0 saturated carbocycles. The molecule has 0 amide bonds. The zero-order valence-corrected chi connectivity index (χ0v) is 15.5. The van der Waals surface area contributed by atoms with Crippen LogP contribution in [0.25, 0.3) is 11.0 Å². The minimum atomic E-state index is -0.294. The van der Waals surface area contributed by atoms with E-state index in [0.29, 0.717) is 16.6 Å². The lowest BCUT2D eigenvalue weighted by Crippen LogP contribution is -1.98. The number of nitrogens with one attached hydrogen (secondary N) is 2. The molecule has 2 aromatic carbocycles. The van der Waals surface area contributed by atoms with Gasteiger partial charge in [0.1, 0.15) is 30.0 Å². The normalized spacial score (nSPS) is 10.4. The van der Waals surface area contributed by atoms with E-state index in [-0.39, 0.29) is 24.8 Å². The molecule has 0 fully saturated rings. The van der Waals surface area contributed by atoms with Gasteiger partial charge >= 0.3 is 0 Å². The molecule has 5 nitrogen and oxygen atoms in total. The summed E-state index contributed by atoms with van der Waals surface area (Å²) < 4.78 is 18.9. The standard InChI is InChI=1S/C19H14ClFN4O.ClH/c20-15-9-14(25-19-18-16(6-7-22-18)23-11-24-19)4-5-17(15)26-10-12-2-1-3-13(21)8-12;/h1-9,11,22H,10H2,(H,23,24,25);1H. The average Bonchev–Trinajstić information content (AvgIpc) is 3.11. The number of benzene rings is 2. The van der Waals surface area contributed by atoms with Crippen molar-refractivity contribution in [1.82, 2.24) is 15.0 Å². The second kappa shape index (κ2) is 8.24. The van der Waals surface area contributed by atoms with Gasteiger partial charge in [0, 0.05) is 11.9 Å². The molecule has 0 spiro atoms. The Hall–Kier alpha value is -2.83. The molecule has 0 unspecified atom stereocenters. The van der Waals surface area contributed by atoms with Crippen LogP contribution in [0.15, 0.2) is 61.1 Å². The quantitative estimate of drug-likeness (QED) is 0.461. The topological polar surface area (TPSA) is 62.8 Å². The molecule has 0 atom stereocenters. The maximum atomic E-state index is 13.2. The minimum Gasteiger partial charge on any atom is -0.487 e. The fraction of sp³-hybridized carbons (Fsp3) is 0.0526. The minimum absolute atomic E-state index is 0. The van der Waals surface area contributed by atoms with Crippen molar-refractivity contribution in [1.29, 1.82) is 0 Å². The van der Waals surface area contributed by atoms with E-state index in [9.17, 15) is 4.39 Å². The second-order valence-corrected chi connectivity index (χ2v) is 6.06. The Morgan fingerprint density at radius 3 is 2.81 bits per heavy atom. The molecule has 0 aliphatic carbocycles. The highest BCUT2D eigenvalue weighted by molar-refractivity contribution is 6.32. The first-order chi connectivity index (χ1) is 12.7. The average molecular weight is 405 g/mol. The zero-order valence-electron chi connectivity index (χ0n) is 13.9. The van der Waals surface area contributed by atoms with Gasteiger partial charge in [-0.2, -0.15) is 0 Å². The number of hydrogen-bond acceptors (Lipinski definition) is 4. The van der Waals surface area contributed by atoms with Crippen LogP contribution in [0.3, 0.4) is 0 Å². The number of rotatable bonds is 5. The summed E-state index contributed by atoms with van der Waals surface area (Å²) in [5.41, 5.74) is 3.14. The van der Waals surface area contributed by atoms with Gasteiger partial charge in [0.25, 0.3) is 0 Å². The number of aromatic amines is 1. The summed E-state index contributed by atoms with van der Waals surface area (Å²) in [7, 11) is 0. The molecule has 0 radical (unpaired) electrons. The molecule has 2 aromatic heterocycles. The van der Waals surface area contributed by atoms with Crippen LogP contribution in [0, 0.1) is 5.82 Å². The number of H-pyrrole nitrogens is 1. The van der Waals surface area contributed by atoms with Crippen molar-refractivity contribution in [2.24, 2.45) is 0 Å². The summed E-state index contributed by atoms with van der Waals surface area (Å²) in [5, 5.41) is 3.66. The number of hydrogen-bond donors (Lipinski definition) is 2. The third-order valence-corrected chi connectivity index (χ3v) is 4.12. The number of anilines is 2. The molecule has 2 N–H and O–H groups in total. The van der Waals surface area contributed by atoms with Gasteiger partial charge in [-0.05, 0) is 42.0 Å². The van der Waals surface area contributed by atoms with Crippen LogP contribution in [-0.2, 0) is 6.61 Å². The van der Waals surface area contributed by atoms with E-state index in [4.69, 9.17) is 16.3 Å². The van der Waals surface area contributed by atoms with Gasteiger partial charge in [0.05, 0.1) is 10.5 Å². The van der Waals surface area contributed by atoms with Crippen LogP contribution in [-0.4, -0.2) is 15.0 Å². The van der Waals surface area contributed by atoms with Crippen LogP contribution in [0.5, 0.6) is 5.75 Å². The third-order valence-electron chi connectivity index (χ3n) is 3.82. The summed E-state index contributed by atoms with van der Waals surface area (Å²) in [5.74, 6) is 0.885. The molecule has 2 heterocycles. The maximum absolute atomic E-state index is 13.2. The summed E-state index contributed by atoms with van der Waals surface area (Å²) in [6, 6.07) is 13.5. The number of aromatic nitrogens is 3. The van der Waals surface area contributed by atoms with E-state index in [1.54, 1.807) is 30.5 Å². The highest BCUT2D eigenvalue weighted by Crippen LogP contribution is 2.30. The van der Waals surface area contributed by atoms with E-state index in [2.05, 4.69) is 20.3 Å². The van der Waals surface area contributed by atoms with Crippen LogP contribution < -0.4 is 10.1 Å². The van der Waals surface area contributed by atoms with Crippen molar-refractivity contribution in [3.63, 3.8) is 0 Å². The van der Waals surface area contributed by atoms with Crippen molar-refractivity contribution < 1.29 is 9.13 Å². The maximum Gasteiger partial charge on any atom is 0.158 e. The summed E-state index contributed by atoms with van der Waals surface area (Å²) in [6.45, 7) is 0.235. The Bertz CT molecular complexity index is 1070. The van der Waals surface area contributed by atoms with E-state index in [1.807, 2.05) is 12.1 Å². The van der Waals surface area contributed by atoms with Crippen LogP contribution in [0.1, 0.15) is 5.56 Å². The third kappa shape index (κ3) is 4.30. The van der Waals surface area contributed by atoms with E-state index < -0.39 is 0 Å². The number of nitrogens with zero attached hydrogens (tertiary/aromatic N) is 2. The summed E-state index contributed by atoms with van der Waals surface area (Å²) in [4.78, 5) is 11.5. The van der Waals surface area contributed by atoms with Crippen molar-refractivity contribution in [2.45, 2.75) is 6.61 Å². The van der Waals surface area contributed by atoms with Crippen molar-refractivity contribution in [3.8, 4) is 5.75 Å². The number of halogens is 3. The van der Waals surface area contributed by atoms with Gasteiger partial charge in [-0.15, -0.1) is 12.4 Å². The number of fused-ring (bicyclic) bond motifs is 1. The van der Waals surface area contributed by atoms with Gasteiger partial charge in [0.15, 0.2) is 5.82 Å². The van der Waals surface area contributed by atoms with Gasteiger partial charge < -0.3 is 15.0 Å². The highest BCUT2D eigenvalue weighted by atomic mass is 35.5.